The Labute approximate surface area is 206 Å². The van der Waals surface area contributed by atoms with Crippen LogP contribution in [0.5, 0.6) is 0 Å². The Morgan fingerprint density at radius 3 is 2.11 bits per heavy atom. The summed E-state index contributed by atoms with van der Waals surface area (Å²) in [6.07, 6.45) is 5.80. The summed E-state index contributed by atoms with van der Waals surface area (Å²) < 4.78 is 3.37. The van der Waals surface area contributed by atoms with Crippen molar-refractivity contribution in [1.29, 1.82) is 0 Å². The Hall–Kier alpha value is -3.74. The zero-order chi connectivity index (χ0) is 25.0. The minimum absolute atomic E-state index is 0.0461. The molecular weight excluding hydrogens is 436 g/mol. The predicted octanol–water partition coefficient (Wildman–Crippen LogP) is 4.63. The molecule has 4 rings (SSSR count). The Bertz CT molecular complexity index is 1310. The number of benzene rings is 2. The molecule has 2 aromatic heterocycles. The van der Waals surface area contributed by atoms with E-state index < -0.39 is 0 Å². The Balaban J connectivity index is 1.39. The van der Waals surface area contributed by atoms with Crippen LogP contribution in [0, 0.1) is 0 Å². The average Bonchev–Trinajstić information content (AvgIpc) is 3.13. The van der Waals surface area contributed by atoms with Crippen molar-refractivity contribution in [2.45, 2.75) is 65.5 Å². The second kappa shape index (κ2) is 10.3. The molecule has 0 aliphatic carbocycles. The lowest BCUT2D eigenvalue weighted by atomic mass is 9.87. The van der Waals surface area contributed by atoms with Gasteiger partial charge in [-0.15, -0.1) is 0 Å². The molecule has 0 unspecified atom stereocenters. The zero-order valence-electron chi connectivity index (χ0n) is 21.0. The van der Waals surface area contributed by atoms with Gasteiger partial charge in [0.05, 0.1) is 24.6 Å². The van der Waals surface area contributed by atoms with Crippen molar-refractivity contribution in [2.75, 3.05) is 5.73 Å². The van der Waals surface area contributed by atoms with E-state index in [-0.39, 0.29) is 11.1 Å². The van der Waals surface area contributed by atoms with Crippen LogP contribution in [0.2, 0.25) is 0 Å². The molecular formula is C28H34N6O. The molecule has 0 bridgehead atoms. The number of hydrogen-bond acceptors (Lipinski definition) is 5. The van der Waals surface area contributed by atoms with Crippen molar-refractivity contribution in [3.8, 4) is 11.4 Å². The van der Waals surface area contributed by atoms with E-state index in [2.05, 4.69) is 72.2 Å². The molecule has 0 spiro atoms. The van der Waals surface area contributed by atoms with Crippen LogP contribution < -0.4 is 11.4 Å². The maximum Gasteiger partial charge on any atom is 0.346 e. The first-order chi connectivity index (χ1) is 16.7. The number of nitrogens with two attached hydrogens (primary N) is 1. The number of aryl methyl sites for hydroxylation is 2. The summed E-state index contributed by atoms with van der Waals surface area (Å²) >= 11 is 0. The van der Waals surface area contributed by atoms with Crippen molar-refractivity contribution in [2.24, 2.45) is 0 Å². The number of nitrogens with zero attached hydrogens (tertiary/aromatic N) is 5. The monoisotopic (exact) mass is 470 g/mol. The van der Waals surface area contributed by atoms with Crippen molar-refractivity contribution < 1.29 is 0 Å². The highest BCUT2D eigenvalue weighted by molar-refractivity contribution is 5.56. The highest BCUT2D eigenvalue weighted by Gasteiger charge is 2.15. The number of anilines is 1. The van der Waals surface area contributed by atoms with Crippen LogP contribution in [0.3, 0.4) is 0 Å². The summed E-state index contributed by atoms with van der Waals surface area (Å²) in [4.78, 5) is 21.5. The van der Waals surface area contributed by atoms with Crippen molar-refractivity contribution >= 4 is 5.69 Å². The molecule has 35 heavy (non-hydrogen) atoms. The second-order valence-corrected chi connectivity index (χ2v) is 9.94. The molecule has 0 aliphatic heterocycles. The third-order valence-corrected chi connectivity index (χ3v) is 6.22. The number of rotatable bonds is 8. The molecule has 0 amide bonds. The molecule has 182 valence electrons. The Kier molecular flexibility index (Phi) is 7.15. The van der Waals surface area contributed by atoms with Gasteiger partial charge in [0.1, 0.15) is 5.82 Å². The summed E-state index contributed by atoms with van der Waals surface area (Å²) in [7, 11) is 0. The van der Waals surface area contributed by atoms with E-state index in [9.17, 15) is 4.79 Å². The zero-order valence-corrected chi connectivity index (χ0v) is 21.0. The van der Waals surface area contributed by atoms with Crippen molar-refractivity contribution in [3.63, 3.8) is 0 Å². The summed E-state index contributed by atoms with van der Waals surface area (Å²) in [6.45, 7) is 9.69. The van der Waals surface area contributed by atoms with Gasteiger partial charge in [-0.3, -0.25) is 4.57 Å². The van der Waals surface area contributed by atoms with E-state index in [0.717, 1.165) is 36.2 Å². The Morgan fingerprint density at radius 2 is 1.51 bits per heavy atom. The first kappa shape index (κ1) is 24.4. The minimum Gasteiger partial charge on any atom is -0.396 e. The highest BCUT2D eigenvalue weighted by atomic mass is 16.2. The normalized spacial score (nSPS) is 11.7. The molecule has 4 aromatic rings. The standard InChI is InChI=1S/C28H34N6O/c1-5-33-25(32-34(27(33)35)19-21-11-15-23(16-12-21)28(2,3)4)8-6-7-20-9-13-22(14-10-20)26-30-17-24(29)18-31-26/h9-18H,5-8,19,29H2,1-4H3. The molecule has 0 aliphatic rings. The Morgan fingerprint density at radius 1 is 0.886 bits per heavy atom. The van der Waals surface area contributed by atoms with Crippen LogP contribution >= 0.6 is 0 Å². The number of aromatic nitrogens is 5. The molecule has 0 saturated carbocycles. The predicted molar refractivity (Wildman–Crippen MR) is 140 cm³/mol. The molecule has 2 N–H and O–H groups in total. The van der Waals surface area contributed by atoms with Crippen LogP contribution in [0.1, 0.15) is 56.6 Å². The van der Waals surface area contributed by atoms with Crippen LogP contribution in [0.15, 0.2) is 65.7 Å². The summed E-state index contributed by atoms with van der Waals surface area (Å²) in [5, 5.41) is 4.68. The van der Waals surface area contributed by atoms with Crippen LogP contribution in [0.4, 0.5) is 5.69 Å². The average molecular weight is 471 g/mol. The van der Waals surface area contributed by atoms with E-state index in [4.69, 9.17) is 5.73 Å². The lowest BCUT2D eigenvalue weighted by molar-refractivity contribution is 0.588. The van der Waals surface area contributed by atoms with Crippen molar-refractivity contribution in [3.05, 3.63) is 93.9 Å². The van der Waals surface area contributed by atoms with E-state index in [0.29, 0.717) is 24.6 Å². The third kappa shape index (κ3) is 5.85. The van der Waals surface area contributed by atoms with Crippen LogP contribution in [-0.4, -0.2) is 24.3 Å². The van der Waals surface area contributed by atoms with E-state index in [1.165, 1.54) is 11.1 Å². The van der Waals surface area contributed by atoms with Gasteiger partial charge in [0.15, 0.2) is 5.82 Å². The molecule has 2 aromatic carbocycles. The van der Waals surface area contributed by atoms with Gasteiger partial charge in [-0.2, -0.15) is 5.10 Å². The fourth-order valence-corrected chi connectivity index (χ4v) is 4.13. The molecule has 0 atom stereocenters. The van der Waals surface area contributed by atoms with Gasteiger partial charge in [0.25, 0.3) is 0 Å². The minimum atomic E-state index is -0.0461. The van der Waals surface area contributed by atoms with Gasteiger partial charge in [-0.1, -0.05) is 69.3 Å². The first-order valence-electron chi connectivity index (χ1n) is 12.2. The van der Waals surface area contributed by atoms with Gasteiger partial charge in [0, 0.05) is 18.5 Å². The fraction of sp³-hybridized carbons (Fsp3) is 0.357. The molecule has 0 fully saturated rings. The fourth-order valence-electron chi connectivity index (χ4n) is 4.13. The lowest BCUT2D eigenvalue weighted by Crippen LogP contribution is -2.25. The van der Waals surface area contributed by atoms with Gasteiger partial charge < -0.3 is 5.73 Å². The third-order valence-electron chi connectivity index (χ3n) is 6.22. The number of hydrogen-bond donors (Lipinski definition) is 1. The maximum atomic E-state index is 12.9. The molecule has 7 heteroatoms. The lowest BCUT2D eigenvalue weighted by Gasteiger charge is -2.19. The smallest absolute Gasteiger partial charge is 0.346 e. The number of nitrogen functional groups attached to an aromatic ring is 1. The molecule has 2 heterocycles. The van der Waals surface area contributed by atoms with Crippen LogP contribution in [-0.2, 0) is 31.3 Å². The summed E-state index contributed by atoms with van der Waals surface area (Å²) in [6, 6.07) is 16.7. The topological polar surface area (TPSA) is 91.6 Å². The largest absolute Gasteiger partial charge is 0.396 e. The van der Waals surface area contributed by atoms with Gasteiger partial charge in [-0.05, 0) is 41.9 Å². The van der Waals surface area contributed by atoms with Gasteiger partial charge in [-0.25, -0.2) is 19.4 Å². The molecule has 0 radical (unpaired) electrons. The van der Waals surface area contributed by atoms with E-state index >= 15 is 0 Å². The second-order valence-electron chi connectivity index (χ2n) is 9.94. The van der Waals surface area contributed by atoms with E-state index in [1.54, 1.807) is 21.6 Å². The van der Waals surface area contributed by atoms with Crippen LogP contribution in [0.25, 0.3) is 11.4 Å². The maximum absolute atomic E-state index is 12.9. The van der Waals surface area contributed by atoms with Crippen molar-refractivity contribution in [1.82, 2.24) is 24.3 Å². The molecule has 7 nitrogen and oxygen atoms in total. The molecule has 0 saturated heterocycles. The SMILES string of the molecule is CCn1c(CCCc2ccc(-c3ncc(N)cn3)cc2)nn(Cc2ccc(C(C)(C)C)cc2)c1=O. The highest BCUT2D eigenvalue weighted by Crippen LogP contribution is 2.22. The first-order valence-corrected chi connectivity index (χ1v) is 12.2. The summed E-state index contributed by atoms with van der Waals surface area (Å²) in [5.41, 5.74) is 10.8. The van der Waals surface area contributed by atoms with Gasteiger partial charge >= 0.3 is 5.69 Å². The summed E-state index contributed by atoms with van der Waals surface area (Å²) in [5.74, 6) is 1.51. The van der Waals surface area contributed by atoms with Gasteiger partial charge in [0.2, 0.25) is 0 Å². The quantitative estimate of drug-likeness (QED) is 0.406. The van der Waals surface area contributed by atoms with E-state index in [1.807, 2.05) is 19.1 Å².